The monoisotopic (exact) mass is 293 g/mol. The zero-order valence-corrected chi connectivity index (χ0v) is 12.5. The number of aryl methyl sites for hydroxylation is 2. The smallest absolute Gasteiger partial charge is 0.132 e. The average molecular weight is 293 g/mol. The highest BCUT2D eigenvalue weighted by atomic mass is 19.1. The van der Waals surface area contributed by atoms with Crippen molar-refractivity contribution in [3.63, 3.8) is 0 Å². The van der Waals surface area contributed by atoms with Gasteiger partial charge in [0.25, 0.3) is 0 Å². The number of hydrazone groups is 1. The van der Waals surface area contributed by atoms with Crippen molar-refractivity contribution < 1.29 is 4.39 Å². The van der Waals surface area contributed by atoms with Gasteiger partial charge in [0.15, 0.2) is 0 Å². The van der Waals surface area contributed by atoms with Crippen molar-refractivity contribution in [1.29, 1.82) is 0 Å². The van der Waals surface area contributed by atoms with Crippen LogP contribution in [0.1, 0.15) is 16.8 Å². The molecule has 22 heavy (non-hydrogen) atoms. The van der Waals surface area contributed by atoms with E-state index in [0.717, 1.165) is 27.8 Å². The SMILES string of the molecule is Cc1ccc2nc(C)cc(N/N=C/c3ccccc3F)c2c1. The van der Waals surface area contributed by atoms with Gasteiger partial charge in [-0.1, -0.05) is 29.8 Å². The van der Waals surface area contributed by atoms with Crippen molar-refractivity contribution in [2.24, 2.45) is 5.10 Å². The van der Waals surface area contributed by atoms with Crippen molar-refractivity contribution in [2.75, 3.05) is 5.43 Å². The summed E-state index contributed by atoms with van der Waals surface area (Å²) in [6.07, 6.45) is 1.48. The lowest BCUT2D eigenvalue weighted by Crippen LogP contribution is -1.96. The van der Waals surface area contributed by atoms with Gasteiger partial charge in [0.05, 0.1) is 17.4 Å². The summed E-state index contributed by atoms with van der Waals surface area (Å²) in [7, 11) is 0. The van der Waals surface area contributed by atoms with Crippen LogP contribution in [-0.4, -0.2) is 11.2 Å². The summed E-state index contributed by atoms with van der Waals surface area (Å²) in [5.74, 6) is -0.292. The van der Waals surface area contributed by atoms with E-state index in [1.165, 1.54) is 12.3 Å². The molecule has 1 aromatic heterocycles. The fraction of sp³-hybridized carbons (Fsp3) is 0.111. The molecule has 0 amide bonds. The molecule has 0 unspecified atom stereocenters. The predicted octanol–water partition coefficient (Wildman–Crippen LogP) is 4.44. The van der Waals surface area contributed by atoms with Crippen LogP contribution in [0.3, 0.4) is 0 Å². The first-order valence-electron chi connectivity index (χ1n) is 7.05. The fourth-order valence-electron chi connectivity index (χ4n) is 2.32. The van der Waals surface area contributed by atoms with Gasteiger partial charge in [0, 0.05) is 16.6 Å². The number of anilines is 1. The second-order valence-electron chi connectivity index (χ2n) is 5.22. The van der Waals surface area contributed by atoms with Gasteiger partial charge < -0.3 is 0 Å². The number of nitrogens with zero attached hydrogens (tertiary/aromatic N) is 2. The zero-order valence-electron chi connectivity index (χ0n) is 12.5. The minimum Gasteiger partial charge on any atom is -0.278 e. The molecule has 0 aliphatic rings. The van der Waals surface area contributed by atoms with Crippen LogP contribution in [0.15, 0.2) is 53.6 Å². The first-order chi connectivity index (χ1) is 10.6. The standard InChI is InChI=1S/C18H16FN3/c1-12-7-8-17-15(9-12)18(10-13(2)21-17)22-20-11-14-5-3-4-6-16(14)19/h3-11H,1-2H3,(H,21,22)/b20-11+. The normalized spacial score (nSPS) is 11.2. The van der Waals surface area contributed by atoms with Crippen LogP contribution in [0, 0.1) is 19.7 Å². The van der Waals surface area contributed by atoms with E-state index in [9.17, 15) is 4.39 Å². The van der Waals surface area contributed by atoms with E-state index < -0.39 is 0 Å². The minimum atomic E-state index is -0.292. The Morgan fingerprint density at radius 1 is 1.09 bits per heavy atom. The summed E-state index contributed by atoms with van der Waals surface area (Å²) in [6.45, 7) is 3.97. The number of halogens is 1. The number of fused-ring (bicyclic) bond motifs is 1. The van der Waals surface area contributed by atoms with E-state index in [1.54, 1.807) is 18.2 Å². The Kier molecular flexibility index (Phi) is 3.83. The Morgan fingerprint density at radius 3 is 2.73 bits per heavy atom. The second kappa shape index (κ2) is 5.93. The Bertz CT molecular complexity index is 856. The molecule has 0 saturated carbocycles. The highest BCUT2D eigenvalue weighted by Crippen LogP contribution is 2.24. The molecule has 0 atom stereocenters. The van der Waals surface area contributed by atoms with Crippen molar-refractivity contribution in [3.8, 4) is 0 Å². The molecule has 3 rings (SSSR count). The third kappa shape index (κ3) is 2.96. The summed E-state index contributed by atoms with van der Waals surface area (Å²) in [4.78, 5) is 4.51. The van der Waals surface area contributed by atoms with E-state index in [0.29, 0.717) is 5.56 Å². The summed E-state index contributed by atoms with van der Waals surface area (Å²) in [5, 5.41) is 5.15. The van der Waals surface area contributed by atoms with E-state index in [-0.39, 0.29) is 5.82 Å². The molecule has 1 heterocycles. The molecule has 3 nitrogen and oxygen atoms in total. The summed E-state index contributed by atoms with van der Waals surface area (Å²) in [5.41, 5.74) is 7.27. The molecule has 0 spiro atoms. The minimum absolute atomic E-state index is 0.292. The molecule has 3 aromatic rings. The van der Waals surface area contributed by atoms with E-state index in [4.69, 9.17) is 0 Å². The van der Waals surface area contributed by atoms with Gasteiger partial charge in [0.2, 0.25) is 0 Å². The predicted molar refractivity (Wildman–Crippen MR) is 88.8 cm³/mol. The van der Waals surface area contributed by atoms with E-state index in [2.05, 4.69) is 21.6 Å². The lowest BCUT2D eigenvalue weighted by molar-refractivity contribution is 0.626. The molecule has 0 aliphatic carbocycles. The average Bonchev–Trinajstić information content (AvgIpc) is 2.50. The van der Waals surface area contributed by atoms with Crippen LogP contribution in [-0.2, 0) is 0 Å². The second-order valence-corrected chi connectivity index (χ2v) is 5.22. The number of rotatable bonds is 3. The number of benzene rings is 2. The van der Waals surface area contributed by atoms with Gasteiger partial charge in [-0.3, -0.25) is 10.4 Å². The van der Waals surface area contributed by atoms with Crippen LogP contribution in [0.4, 0.5) is 10.1 Å². The lowest BCUT2D eigenvalue weighted by Gasteiger charge is -2.08. The van der Waals surface area contributed by atoms with Gasteiger partial charge in [-0.2, -0.15) is 5.10 Å². The molecule has 0 saturated heterocycles. The third-order valence-electron chi connectivity index (χ3n) is 3.39. The largest absolute Gasteiger partial charge is 0.278 e. The van der Waals surface area contributed by atoms with Crippen LogP contribution < -0.4 is 5.43 Å². The van der Waals surface area contributed by atoms with E-state index in [1.807, 2.05) is 32.0 Å². The topological polar surface area (TPSA) is 37.3 Å². The quantitative estimate of drug-likeness (QED) is 0.572. The van der Waals surface area contributed by atoms with E-state index >= 15 is 0 Å². The van der Waals surface area contributed by atoms with Crippen LogP contribution in [0.2, 0.25) is 0 Å². The summed E-state index contributed by atoms with van der Waals surface area (Å²) < 4.78 is 13.6. The lowest BCUT2D eigenvalue weighted by atomic mass is 10.1. The number of pyridine rings is 1. The van der Waals surface area contributed by atoms with Gasteiger partial charge in [-0.05, 0) is 38.1 Å². The molecule has 0 aliphatic heterocycles. The number of nitrogens with one attached hydrogen (secondary N) is 1. The molecule has 1 N–H and O–H groups in total. The Hall–Kier alpha value is -2.75. The Labute approximate surface area is 128 Å². The highest BCUT2D eigenvalue weighted by molar-refractivity contribution is 5.92. The molecule has 0 radical (unpaired) electrons. The van der Waals surface area contributed by atoms with Crippen LogP contribution in [0.5, 0.6) is 0 Å². The Balaban J connectivity index is 1.94. The first kappa shape index (κ1) is 14.2. The molecule has 0 fully saturated rings. The summed E-state index contributed by atoms with van der Waals surface area (Å²) in [6, 6.07) is 14.5. The molecule has 110 valence electrons. The number of hydrogen-bond acceptors (Lipinski definition) is 3. The van der Waals surface area contributed by atoms with Crippen molar-refractivity contribution in [1.82, 2.24) is 4.98 Å². The fourth-order valence-corrected chi connectivity index (χ4v) is 2.32. The van der Waals surface area contributed by atoms with Crippen molar-refractivity contribution in [2.45, 2.75) is 13.8 Å². The third-order valence-corrected chi connectivity index (χ3v) is 3.39. The van der Waals surface area contributed by atoms with Crippen LogP contribution >= 0.6 is 0 Å². The van der Waals surface area contributed by atoms with Gasteiger partial charge in [-0.15, -0.1) is 0 Å². The van der Waals surface area contributed by atoms with Gasteiger partial charge in [-0.25, -0.2) is 4.39 Å². The Morgan fingerprint density at radius 2 is 1.91 bits per heavy atom. The number of aromatic nitrogens is 1. The van der Waals surface area contributed by atoms with Crippen molar-refractivity contribution >= 4 is 22.8 Å². The maximum atomic E-state index is 13.6. The highest BCUT2D eigenvalue weighted by Gasteiger charge is 2.04. The van der Waals surface area contributed by atoms with Gasteiger partial charge >= 0.3 is 0 Å². The zero-order chi connectivity index (χ0) is 15.5. The van der Waals surface area contributed by atoms with Gasteiger partial charge in [0.1, 0.15) is 5.82 Å². The summed E-state index contributed by atoms with van der Waals surface area (Å²) >= 11 is 0. The molecule has 4 heteroatoms. The molecule has 2 aromatic carbocycles. The number of hydrogen-bond donors (Lipinski definition) is 1. The first-order valence-corrected chi connectivity index (χ1v) is 7.05. The molecular weight excluding hydrogens is 277 g/mol. The maximum absolute atomic E-state index is 13.6. The molecular formula is C18H16FN3. The van der Waals surface area contributed by atoms with Crippen LogP contribution in [0.25, 0.3) is 10.9 Å². The maximum Gasteiger partial charge on any atom is 0.132 e. The van der Waals surface area contributed by atoms with Crippen molar-refractivity contribution in [3.05, 3.63) is 71.2 Å². The molecule has 0 bridgehead atoms.